The van der Waals surface area contributed by atoms with Crippen molar-refractivity contribution < 1.29 is 9.90 Å². The first-order valence-electron chi connectivity index (χ1n) is 5.00. The highest BCUT2D eigenvalue weighted by molar-refractivity contribution is 8.00. The van der Waals surface area contributed by atoms with Crippen molar-refractivity contribution in [2.45, 2.75) is 45.3 Å². The normalized spacial score (nSPS) is 13.2. The molecule has 0 rings (SSSR count). The molecule has 78 valence electrons. The van der Waals surface area contributed by atoms with Crippen LogP contribution in [0.15, 0.2) is 0 Å². The van der Waals surface area contributed by atoms with Crippen molar-refractivity contribution in [2.75, 3.05) is 5.75 Å². The summed E-state index contributed by atoms with van der Waals surface area (Å²) < 4.78 is 0. The lowest BCUT2D eigenvalue weighted by atomic mass is 10.1. The molecule has 13 heavy (non-hydrogen) atoms. The molecule has 0 bridgehead atoms. The summed E-state index contributed by atoms with van der Waals surface area (Å²) >= 11 is 1.59. The minimum absolute atomic E-state index is 0.208. The molecule has 0 aromatic carbocycles. The van der Waals surface area contributed by atoms with Gasteiger partial charge in [-0.05, 0) is 18.1 Å². The van der Waals surface area contributed by atoms with Crippen LogP contribution in [0.25, 0.3) is 0 Å². The SMILES string of the molecule is CCC(CC)CSC(CC)C(=O)O. The standard InChI is InChI=1S/C10H20O2S/c1-4-8(5-2)7-13-9(6-3)10(11)12/h8-9H,4-7H2,1-3H3,(H,11,12). The van der Waals surface area contributed by atoms with E-state index in [4.69, 9.17) is 5.11 Å². The summed E-state index contributed by atoms with van der Waals surface area (Å²) in [7, 11) is 0. The molecule has 0 fully saturated rings. The third-order valence-electron chi connectivity index (χ3n) is 2.33. The molecule has 0 aliphatic heterocycles. The molecule has 0 radical (unpaired) electrons. The lowest BCUT2D eigenvalue weighted by Crippen LogP contribution is -2.17. The van der Waals surface area contributed by atoms with E-state index in [1.165, 1.54) is 0 Å². The lowest BCUT2D eigenvalue weighted by Gasteiger charge is -2.14. The van der Waals surface area contributed by atoms with Crippen LogP contribution in [0, 0.1) is 5.92 Å². The predicted octanol–water partition coefficient (Wildman–Crippen LogP) is 3.02. The van der Waals surface area contributed by atoms with E-state index in [1.807, 2.05) is 6.92 Å². The summed E-state index contributed by atoms with van der Waals surface area (Å²) in [5.74, 6) is 0.995. The second kappa shape index (κ2) is 7.25. The van der Waals surface area contributed by atoms with Gasteiger partial charge in [0.15, 0.2) is 0 Å². The van der Waals surface area contributed by atoms with Gasteiger partial charge in [0.25, 0.3) is 0 Å². The van der Waals surface area contributed by atoms with Gasteiger partial charge in [-0.1, -0.05) is 33.6 Å². The van der Waals surface area contributed by atoms with Crippen molar-refractivity contribution in [3.05, 3.63) is 0 Å². The zero-order valence-electron chi connectivity index (χ0n) is 8.75. The number of carbonyl (C=O) groups is 1. The molecule has 0 saturated heterocycles. The summed E-state index contributed by atoms with van der Waals surface area (Å²) in [4.78, 5) is 10.7. The molecule has 0 amide bonds. The van der Waals surface area contributed by atoms with Crippen molar-refractivity contribution >= 4 is 17.7 Å². The van der Waals surface area contributed by atoms with Crippen LogP contribution in [0.5, 0.6) is 0 Å². The Balaban J connectivity index is 3.76. The third kappa shape index (κ3) is 5.19. The van der Waals surface area contributed by atoms with E-state index in [0.29, 0.717) is 5.92 Å². The van der Waals surface area contributed by atoms with Crippen LogP contribution in [0.2, 0.25) is 0 Å². The molecule has 1 unspecified atom stereocenters. The van der Waals surface area contributed by atoms with Gasteiger partial charge < -0.3 is 5.11 Å². The Bertz CT molecular complexity index is 144. The van der Waals surface area contributed by atoms with Crippen molar-refractivity contribution in [2.24, 2.45) is 5.92 Å². The molecule has 0 spiro atoms. The first-order chi connectivity index (χ1) is 6.15. The van der Waals surface area contributed by atoms with E-state index < -0.39 is 5.97 Å². The zero-order chi connectivity index (χ0) is 10.3. The number of carboxylic acid groups (broad SMARTS) is 1. The third-order valence-corrected chi connectivity index (χ3v) is 3.94. The number of thioether (sulfide) groups is 1. The van der Waals surface area contributed by atoms with Crippen LogP contribution in [0.4, 0.5) is 0 Å². The number of rotatable bonds is 7. The van der Waals surface area contributed by atoms with Crippen molar-refractivity contribution in [3.63, 3.8) is 0 Å². The van der Waals surface area contributed by atoms with Gasteiger partial charge in [-0.25, -0.2) is 0 Å². The van der Waals surface area contributed by atoms with Crippen molar-refractivity contribution in [3.8, 4) is 0 Å². The second-order valence-corrected chi connectivity index (χ2v) is 4.49. The Morgan fingerprint density at radius 2 is 1.77 bits per heavy atom. The van der Waals surface area contributed by atoms with Gasteiger partial charge >= 0.3 is 5.97 Å². The molecule has 0 saturated carbocycles. The van der Waals surface area contributed by atoms with E-state index in [2.05, 4.69) is 13.8 Å². The van der Waals surface area contributed by atoms with Gasteiger partial charge in [-0.15, -0.1) is 11.8 Å². The Hall–Kier alpha value is -0.180. The smallest absolute Gasteiger partial charge is 0.316 e. The van der Waals surface area contributed by atoms with E-state index in [-0.39, 0.29) is 5.25 Å². The van der Waals surface area contributed by atoms with Gasteiger partial charge in [0, 0.05) is 0 Å². The molecule has 3 heteroatoms. The topological polar surface area (TPSA) is 37.3 Å². The lowest BCUT2D eigenvalue weighted by molar-refractivity contribution is -0.136. The Morgan fingerprint density at radius 3 is 2.08 bits per heavy atom. The summed E-state index contributed by atoms with van der Waals surface area (Å²) in [6, 6.07) is 0. The largest absolute Gasteiger partial charge is 0.480 e. The summed E-state index contributed by atoms with van der Waals surface area (Å²) in [6.07, 6.45) is 3.03. The minimum Gasteiger partial charge on any atom is -0.480 e. The number of aliphatic carboxylic acids is 1. The highest BCUT2D eigenvalue weighted by Crippen LogP contribution is 2.21. The molecule has 2 nitrogen and oxygen atoms in total. The molecule has 1 N–H and O–H groups in total. The fourth-order valence-electron chi connectivity index (χ4n) is 1.14. The van der Waals surface area contributed by atoms with Gasteiger partial charge in [0.1, 0.15) is 5.25 Å². The van der Waals surface area contributed by atoms with Crippen LogP contribution in [0.1, 0.15) is 40.0 Å². The van der Waals surface area contributed by atoms with Crippen LogP contribution >= 0.6 is 11.8 Å². The second-order valence-electron chi connectivity index (χ2n) is 3.25. The average molecular weight is 204 g/mol. The molecule has 0 aliphatic rings. The highest BCUT2D eigenvalue weighted by Gasteiger charge is 2.16. The maximum absolute atomic E-state index is 10.7. The minimum atomic E-state index is -0.668. The van der Waals surface area contributed by atoms with Crippen molar-refractivity contribution in [1.29, 1.82) is 0 Å². The highest BCUT2D eigenvalue weighted by atomic mass is 32.2. The molecule has 1 atom stereocenters. The molecular weight excluding hydrogens is 184 g/mol. The molecule has 0 heterocycles. The summed E-state index contributed by atoms with van der Waals surface area (Å²) in [5.41, 5.74) is 0. The van der Waals surface area contributed by atoms with E-state index in [0.717, 1.165) is 25.0 Å². The van der Waals surface area contributed by atoms with Crippen molar-refractivity contribution in [1.82, 2.24) is 0 Å². The van der Waals surface area contributed by atoms with Crippen LogP contribution in [-0.2, 0) is 4.79 Å². The molecule has 0 aliphatic carbocycles. The van der Waals surface area contributed by atoms with Gasteiger partial charge in [0.05, 0.1) is 0 Å². The first kappa shape index (κ1) is 12.8. The maximum Gasteiger partial charge on any atom is 0.316 e. The number of hydrogen-bond donors (Lipinski definition) is 1. The van der Waals surface area contributed by atoms with Crippen LogP contribution in [0.3, 0.4) is 0 Å². The Labute approximate surface area is 85.1 Å². The van der Waals surface area contributed by atoms with E-state index >= 15 is 0 Å². The maximum atomic E-state index is 10.7. The van der Waals surface area contributed by atoms with E-state index in [1.54, 1.807) is 11.8 Å². The van der Waals surface area contributed by atoms with E-state index in [9.17, 15) is 4.79 Å². The zero-order valence-corrected chi connectivity index (χ0v) is 9.56. The average Bonchev–Trinajstić information content (AvgIpc) is 2.12. The van der Waals surface area contributed by atoms with Crippen LogP contribution in [-0.4, -0.2) is 22.1 Å². The first-order valence-corrected chi connectivity index (χ1v) is 6.04. The van der Waals surface area contributed by atoms with Gasteiger partial charge in [-0.3, -0.25) is 4.79 Å². The van der Waals surface area contributed by atoms with Crippen LogP contribution < -0.4 is 0 Å². The molecule has 0 aromatic heterocycles. The summed E-state index contributed by atoms with van der Waals surface area (Å²) in [5, 5.41) is 8.60. The molecular formula is C10H20O2S. The summed E-state index contributed by atoms with van der Waals surface area (Å²) in [6.45, 7) is 6.26. The van der Waals surface area contributed by atoms with Gasteiger partial charge in [0.2, 0.25) is 0 Å². The fraction of sp³-hybridized carbons (Fsp3) is 0.900. The Kier molecular flexibility index (Phi) is 7.14. The fourth-order valence-corrected chi connectivity index (χ4v) is 2.49. The Morgan fingerprint density at radius 1 is 1.23 bits per heavy atom. The molecule has 0 aromatic rings. The monoisotopic (exact) mass is 204 g/mol. The quantitative estimate of drug-likeness (QED) is 0.692. The predicted molar refractivity (Wildman–Crippen MR) is 58.2 cm³/mol. The van der Waals surface area contributed by atoms with Gasteiger partial charge in [-0.2, -0.15) is 0 Å². The number of hydrogen-bond acceptors (Lipinski definition) is 2. The number of carboxylic acids is 1.